The van der Waals surface area contributed by atoms with Crippen LogP contribution >= 0.6 is 11.3 Å². The molecule has 7 heteroatoms. The maximum Gasteiger partial charge on any atom is 0.242 e. The molecule has 0 amide bonds. The van der Waals surface area contributed by atoms with Crippen LogP contribution in [0, 0.1) is 6.92 Å². The van der Waals surface area contributed by atoms with Gasteiger partial charge in [0, 0.05) is 23.5 Å². The number of rotatable bonds is 8. The Morgan fingerprint density at radius 3 is 2.48 bits per heavy atom. The molecule has 0 saturated carbocycles. The van der Waals surface area contributed by atoms with E-state index in [1.165, 1.54) is 11.3 Å². The molecule has 0 unspecified atom stereocenters. The van der Waals surface area contributed by atoms with Gasteiger partial charge < -0.3 is 10.2 Å². The van der Waals surface area contributed by atoms with Gasteiger partial charge in [-0.15, -0.1) is 11.3 Å². The molecular weight excluding hydrogens is 306 g/mol. The van der Waals surface area contributed by atoms with E-state index in [2.05, 4.69) is 10.0 Å². The van der Waals surface area contributed by atoms with Gasteiger partial charge >= 0.3 is 0 Å². The smallest absolute Gasteiger partial charge is 0.242 e. The molecule has 0 saturated heterocycles. The predicted octanol–water partition coefficient (Wildman–Crippen LogP) is 1.78. The lowest BCUT2D eigenvalue weighted by Gasteiger charge is -2.32. The van der Waals surface area contributed by atoms with Gasteiger partial charge in [-0.2, -0.15) is 0 Å². The molecule has 0 spiro atoms. The fourth-order valence-electron chi connectivity index (χ4n) is 1.71. The van der Waals surface area contributed by atoms with Crippen molar-refractivity contribution in [1.82, 2.24) is 14.9 Å². The number of nitrogens with zero attached hydrogens (tertiary/aromatic N) is 1. The van der Waals surface area contributed by atoms with Gasteiger partial charge in [-0.3, -0.25) is 0 Å². The van der Waals surface area contributed by atoms with Crippen LogP contribution in [0.2, 0.25) is 0 Å². The van der Waals surface area contributed by atoms with Crippen molar-refractivity contribution in [3.63, 3.8) is 0 Å². The van der Waals surface area contributed by atoms with Gasteiger partial charge in [0.05, 0.1) is 0 Å². The number of thiophene rings is 1. The summed E-state index contributed by atoms with van der Waals surface area (Å²) in [6, 6.07) is 0. The Labute approximate surface area is 132 Å². The lowest BCUT2D eigenvalue weighted by molar-refractivity contribution is 0.199. The molecular formula is C14H27N3O2S2. The van der Waals surface area contributed by atoms with Crippen LogP contribution < -0.4 is 10.0 Å². The Morgan fingerprint density at radius 2 is 1.95 bits per heavy atom. The molecule has 122 valence electrons. The van der Waals surface area contributed by atoms with Gasteiger partial charge in [0.25, 0.3) is 0 Å². The normalized spacial score (nSPS) is 13.1. The standard InChI is InChI=1S/C14H27N3O2S2/c1-7-15-8-12-13(11(2)9-20-12)21(18,19)16-10-14(3,4)17(5)6/h9,15-16H,7-8,10H2,1-6H3. The van der Waals surface area contributed by atoms with Crippen molar-refractivity contribution < 1.29 is 8.42 Å². The number of aryl methyl sites for hydroxylation is 1. The molecule has 0 atom stereocenters. The van der Waals surface area contributed by atoms with Gasteiger partial charge in [0.1, 0.15) is 4.90 Å². The maximum absolute atomic E-state index is 12.6. The summed E-state index contributed by atoms with van der Waals surface area (Å²) >= 11 is 1.49. The SMILES string of the molecule is CCNCc1scc(C)c1S(=O)(=O)NCC(C)(C)N(C)C. The zero-order valence-electron chi connectivity index (χ0n) is 13.8. The molecule has 1 aromatic rings. The molecule has 2 N–H and O–H groups in total. The first-order valence-corrected chi connectivity index (χ1v) is 9.43. The maximum atomic E-state index is 12.6. The first-order chi connectivity index (χ1) is 9.62. The van der Waals surface area contributed by atoms with E-state index in [4.69, 9.17) is 0 Å². The second kappa shape index (κ2) is 7.19. The summed E-state index contributed by atoms with van der Waals surface area (Å²) in [6.45, 7) is 9.65. The van der Waals surface area contributed by atoms with Crippen molar-refractivity contribution in [3.05, 3.63) is 15.8 Å². The van der Waals surface area contributed by atoms with E-state index >= 15 is 0 Å². The van der Waals surface area contributed by atoms with Crippen LogP contribution in [0.25, 0.3) is 0 Å². The van der Waals surface area contributed by atoms with E-state index in [9.17, 15) is 8.42 Å². The summed E-state index contributed by atoms with van der Waals surface area (Å²) < 4.78 is 28.0. The van der Waals surface area contributed by atoms with E-state index in [1.807, 2.05) is 52.1 Å². The third-order valence-corrected chi connectivity index (χ3v) is 6.56. The molecule has 0 aliphatic carbocycles. The Morgan fingerprint density at radius 1 is 1.33 bits per heavy atom. The number of hydrogen-bond donors (Lipinski definition) is 2. The third kappa shape index (κ3) is 4.75. The predicted molar refractivity (Wildman–Crippen MR) is 89.4 cm³/mol. The fraction of sp³-hybridized carbons (Fsp3) is 0.714. The molecule has 0 bridgehead atoms. The van der Waals surface area contributed by atoms with Crippen LogP contribution in [0.3, 0.4) is 0 Å². The molecule has 21 heavy (non-hydrogen) atoms. The second-order valence-electron chi connectivity index (χ2n) is 5.98. The first kappa shape index (κ1) is 18.6. The summed E-state index contributed by atoms with van der Waals surface area (Å²) in [5.41, 5.74) is 0.571. The lowest BCUT2D eigenvalue weighted by atomic mass is 10.1. The van der Waals surface area contributed by atoms with Crippen molar-refractivity contribution in [2.24, 2.45) is 0 Å². The highest BCUT2D eigenvalue weighted by molar-refractivity contribution is 7.89. The molecule has 1 heterocycles. The molecule has 0 aromatic carbocycles. The van der Waals surface area contributed by atoms with Crippen LogP contribution in [-0.4, -0.2) is 46.0 Å². The summed E-state index contributed by atoms with van der Waals surface area (Å²) in [7, 11) is 0.409. The molecule has 5 nitrogen and oxygen atoms in total. The molecule has 1 aromatic heterocycles. The number of sulfonamides is 1. The molecule has 0 aliphatic heterocycles. The van der Waals surface area contributed by atoms with Gasteiger partial charge in [-0.05, 0) is 52.4 Å². The summed E-state index contributed by atoms with van der Waals surface area (Å²) in [4.78, 5) is 3.31. The Balaban J connectivity index is 2.95. The molecule has 0 radical (unpaired) electrons. The topological polar surface area (TPSA) is 61.4 Å². The highest BCUT2D eigenvalue weighted by atomic mass is 32.2. The third-order valence-electron chi connectivity index (χ3n) is 3.70. The molecule has 0 aliphatic rings. The molecule has 1 rings (SSSR count). The summed E-state index contributed by atoms with van der Waals surface area (Å²) in [5, 5.41) is 5.09. The first-order valence-electron chi connectivity index (χ1n) is 7.06. The minimum absolute atomic E-state index is 0.237. The number of likely N-dealkylation sites (N-methyl/N-ethyl adjacent to an activating group) is 1. The number of nitrogens with one attached hydrogen (secondary N) is 2. The van der Waals surface area contributed by atoms with Crippen molar-refractivity contribution in [2.75, 3.05) is 27.2 Å². The van der Waals surface area contributed by atoms with Crippen LogP contribution in [0.4, 0.5) is 0 Å². The quantitative estimate of drug-likeness (QED) is 0.761. The van der Waals surface area contributed by atoms with Crippen molar-refractivity contribution in [1.29, 1.82) is 0 Å². The van der Waals surface area contributed by atoms with Crippen LogP contribution in [-0.2, 0) is 16.6 Å². The Bertz CT molecular complexity index is 563. The van der Waals surface area contributed by atoms with Gasteiger partial charge in [-0.1, -0.05) is 6.92 Å². The largest absolute Gasteiger partial charge is 0.312 e. The van der Waals surface area contributed by atoms with E-state index in [0.717, 1.165) is 17.0 Å². The van der Waals surface area contributed by atoms with Crippen molar-refractivity contribution in [3.8, 4) is 0 Å². The minimum atomic E-state index is -3.48. The highest BCUT2D eigenvalue weighted by Crippen LogP contribution is 2.27. The van der Waals surface area contributed by atoms with Gasteiger partial charge in [0.2, 0.25) is 10.0 Å². The van der Waals surface area contributed by atoms with Gasteiger partial charge in [0.15, 0.2) is 0 Å². The van der Waals surface area contributed by atoms with Crippen LogP contribution in [0.15, 0.2) is 10.3 Å². The van der Waals surface area contributed by atoms with Crippen LogP contribution in [0.5, 0.6) is 0 Å². The Kier molecular flexibility index (Phi) is 6.36. The van der Waals surface area contributed by atoms with E-state index in [1.54, 1.807) is 0 Å². The van der Waals surface area contributed by atoms with Crippen LogP contribution in [0.1, 0.15) is 31.2 Å². The lowest BCUT2D eigenvalue weighted by Crippen LogP contribution is -2.48. The number of hydrogen-bond acceptors (Lipinski definition) is 5. The average molecular weight is 334 g/mol. The average Bonchev–Trinajstić information content (AvgIpc) is 2.76. The zero-order chi connectivity index (χ0) is 16.3. The highest BCUT2D eigenvalue weighted by Gasteiger charge is 2.27. The van der Waals surface area contributed by atoms with E-state index in [-0.39, 0.29) is 5.54 Å². The fourth-order valence-corrected chi connectivity index (χ4v) is 4.69. The Hall–Kier alpha value is -0.470. The molecule has 0 fully saturated rings. The van der Waals surface area contributed by atoms with Gasteiger partial charge in [-0.25, -0.2) is 13.1 Å². The summed E-state index contributed by atoms with van der Waals surface area (Å²) in [5.74, 6) is 0. The second-order valence-corrected chi connectivity index (χ2v) is 8.65. The van der Waals surface area contributed by atoms with E-state index < -0.39 is 10.0 Å². The minimum Gasteiger partial charge on any atom is -0.312 e. The van der Waals surface area contributed by atoms with Crippen molar-refractivity contribution >= 4 is 21.4 Å². The zero-order valence-corrected chi connectivity index (χ0v) is 15.4. The van der Waals surface area contributed by atoms with Crippen molar-refractivity contribution in [2.45, 2.75) is 44.7 Å². The monoisotopic (exact) mass is 333 g/mol. The van der Waals surface area contributed by atoms with E-state index in [0.29, 0.717) is 18.0 Å². The summed E-state index contributed by atoms with van der Waals surface area (Å²) in [6.07, 6.45) is 0.